The second-order valence-electron chi connectivity index (χ2n) is 1.23. The molecule has 0 aliphatic carbocycles. The lowest BCUT2D eigenvalue weighted by Gasteiger charge is -1.88. The van der Waals surface area contributed by atoms with Crippen LogP contribution >= 0.6 is 0 Å². The summed E-state index contributed by atoms with van der Waals surface area (Å²) in [5.41, 5.74) is 0.0556. The highest BCUT2D eigenvalue weighted by Crippen LogP contribution is 1.94. The van der Waals surface area contributed by atoms with Crippen LogP contribution in [0.5, 0.6) is 0 Å². The van der Waals surface area contributed by atoms with E-state index < -0.39 is 5.97 Å². The molecule has 43 valence electrons. The summed E-state index contributed by atoms with van der Waals surface area (Å²) < 4.78 is 0. The van der Waals surface area contributed by atoms with Crippen LogP contribution in [-0.2, 0) is 4.79 Å². The van der Waals surface area contributed by atoms with E-state index in [2.05, 4.69) is 13.2 Å². The molecule has 0 saturated carbocycles. The van der Waals surface area contributed by atoms with E-state index in [0.717, 1.165) is 0 Å². The molecule has 0 aliphatic heterocycles. The maximum absolute atomic E-state index is 9.91. The van der Waals surface area contributed by atoms with Crippen LogP contribution in [0, 0.1) is 6.42 Å². The van der Waals surface area contributed by atoms with Crippen LogP contribution in [0.1, 0.15) is 0 Å². The van der Waals surface area contributed by atoms with Gasteiger partial charge in [-0.25, -0.2) is 4.79 Å². The number of allylic oxidation sites excluding steroid dienone is 1. The Kier molecular flexibility index (Phi) is 2.62. The summed E-state index contributed by atoms with van der Waals surface area (Å²) in [6.45, 7) is 6.52. The van der Waals surface area contributed by atoms with Crippen LogP contribution in [0.25, 0.3) is 0 Å². The van der Waals surface area contributed by atoms with E-state index in [9.17, 15) is 4.79 Å². The molecule has 2 nitrogen and oxygen atoms in total. The van der Waals surface area contributed by atoms with Gasteiger partial charge in [0.2, 0.25) is 0 Å². The molecule has 8 heavy (non-hydrogen) atoms. The van der Waals surface area contributed by atoms with Crippen molar-refractivity contribution in [2.24, 2.45) is 0 Å². The lowest BCUT2D eigenvalue weighted by Crippen LogP contribution is -1.96. The maximum Gasteiger partial charge on any atom is 0.331 e. The van der Waals surface area contributed by atoms with E-state index in [1.807, 2.05) is 0 Å². The lowest BCUT2D eigenvalue weighted by atomic mass is 10.2. The second-order valence-corrected chi connectivity index (χ2v) is 1.23. The van der Waals surface area contributed by atoms with Crippen molar-refractivity contribution in [1.29, 1.82) is 0 Å². The summed E-state index contributed by atoms with van der Waals surface area (Å²) in [6, 6.07) is 0. The summed E-state index contributed by atoms with van der Waals surface area (Å²) in [5, 5.41) is 8.13. The third-order valence-electron chi connectivity index (χ3n) is 0.594. The number of aliphatic carboxylic acids is 1. The minimum absolute atomic E-state index is 0.0556. The Hall–Kier alpha value is -1.05. The summed E-state index contributed by atoms with van der Waals surface area (Å²) in [5.74, 6) is -1.01. The number of carboxylic acids is 1. The van der Waals surface area contributed by atoms with Gasteiger partial charge in [0, 0.05) is 12.0 Å². The highest BCUT2D eigenvalue weighted by atomic mass is 16.4. The van der Waals surface area contributed by atoms with Crippen molar-refractivity contribution in [3.05, 3.63) is 31.2 Å². The van der Waals surface area contributed by atoms with Gasteiger partial charge >= 0.3 is 5.97 Å². The first-order valence-electron chi connectivity index (χ1n) is 2.06. The minimum Gasteiger partial charge on any atom is -0.478 e. The molecule has 0 aromatic heterocycles. The molecule has 0 spiro atoms. The fourth-order valence-corrected chi connectivity index (χ4v) is 0.214. The highest BCUT2D eigenvalue weighted by molar-refractivity contribution is 5.88. The maximum atomic E-state index is 9.91. The van der Waals surface area contributed by atoms with Gasteiger partial charge in [-0.2, -0.15) is 0 Å². The number of carboxylic acid groups (broad SMARTS) is 1. The van der Waals surface area contributed by atoms with Crippen LogP contribution in [0.2, 0.25) is 0 Å². The molecule has 0 saturated heterocycles. The summed E-state index contributed by atoms with van der Waals surface area (Å²) in [4.78, 5) is 9.91. The van der Waals surface area contributed by atoms with Crippen molar-refractivity contribution in [1.82, 2.24) is 0 Å². The Morgan fingerprint density at radius 2 is 2.12 bits per heavy atom. The molecule has 0 rings (SSSR count). The molecule has 1 N–H and O–H groups in total. The van der Waals surface area contributed by atoms with E-state index in [1.54, 1.807) is 0 Å². The molecule has 0 amide bonds. The first-order valence-corrected chi connectivity index (χ1v) is 2.06. The molecule has 0 bridgehead atoms. The van der Waals surface area contributed by atoms with Crippen LogP contribution in [0.3, 0.4) is 0 Å². The predicted molar refractivity (Wildman–Crippen MR) is 31.3 cm³/mol. The van der Waals surface area contributed by atoms with Gasteiger partial charge in [-0.3, -0.25) is 0 Å². The Morgan fingerprint density at radius 3 is 2.25 bits per heavy atom. The SMILES string of the molecule is C=C[CH]C(=C)C(=O)O. The molecule has 0 aromatic carbocycles. The van der Waals surface area contributed by atoms with Crippen molar-refractivity contribution < 1.29 is 9.90 Å². The second kappa shape index (κ2) is 3.02. The topological polar surface area (TPSA) is 37.3 Å². The van der Waals surface area contributed by atoms with Crippen LogP contribution < -0.4 is 0 Å². The molecule has 0 fully saturated rings. The van der Waals surface area contributed by atoms with E-state index >= 15 is 0 Å². The average Bonchev–Trinajstić information content (AvgIpc) is 1.67. The zero-order valence-electron chi connectivity index (χ0n) is 4.42. The molecule has 0 aromatic rings. The van der Waals surface area contributed by atoms with Gasteiger partial charge in [-0.05, 0) is 0 Å². The summed E-state index contributed by atoms with van der Waals surface area (Å²) in [6.07, 6.45) is 2.72. The van der Waals surface area contributed by atoms with Gasteiger partial charge in [-0.1, -0.05) is 12.7 Å². The van der Waals surface area contributed by atoms with Gasteiger partial charge in [0.15, 0.2) is 0 Å². The molecule has 0 aliphatic rings. The summed E-state index contributed by atoms with van der Waals surface area (Å²) in [7, 11) is 0. The quantitative estimate of drug-likeness (QED) is 0.552. The monoisotopic (exact) mass is 111 g/mol. The van der Waals surface area contributed by atoms with Crippen molar-refractivity contribution >= 4 is 5.97 Å². The first-order chi connectivity index (χ1) is 3.68. The van der Waals surface area contributed by atoms with Crippen molar-refractivity contribution in [3.8, 4) is 0 Å². The normalized spacial score (nSPS) is 8.00. The van der Waals surface area contributed by atoms with E-state index in [4.69, 9.17) is 5.11 Å². The highest BCUT2D eigenvalue weighted by Gasteiger charge is 1.98. The number of hydrogen-bond acceptors (Lipinski definition) is 1. The zero-order chi connectivity index (χ0) is 6.57. The molecular formula is C6H7O2. The third kappa shape index (κ3) is 2.18. The van der Waals surface area contributed by atoms with Crippen molar-refractivity contribution in [2.75, 3.05) is 0 Å². The predicted octanol–water partition coefficient (Wildman–Crippen LogP) is 1.02. The smallest absolute Gasteiger partial charge is 0.331 e. The van der Waals surface area contributed by atoms with E-state index in [0.29, 0.717) is 0 Å². The van der Waals surface area contributed by atoms with Crippen molar-refractivity contribution in [2.45, 2.75) is 0 Å². The Morgan fingerprint density at radius 1 is 1.62 bits per heavy atom. The lowest BCUT2D eigenvalue weighted by molar-refractivity contribution is -0.132. The Bertz CT molecular complexity index is 124. The van der Waals surface area contributed by atoms with Crippen LogP contribution in [0.4, 0.5) is 0 Å². The van der Waals surface area contributed by atoms with Crippen molar-refractivity contribution in [3.63, 3.8) is 0 Å². The molecular weight excluding hydrogens is 104 g/mol. The molecule has 0 atom stereocenters. The molecule has 0 unspecified atom stereocenters. The van der Waals surface area contributed by atoms with E-state index in [1.165, 1.54) is 12.5 Å². The summed E-state index contributed by atoms with van der Waals surface area (Å²) >= 11 is 0. The molecule has 2 heteroatoms. The van der Waals surface area contributed by atoms with Gasteiger partial charge in [-0.15, -0.1) is 6.58 Å². The fraction of sp³-hybridized carbons (Fsp3) is 0. The van der Waals surface area contributed by atoms with E-state index in [-0.39, 0.29) is 5.57 Å². The van der Waals surface area contributed by atoms with Gasteiger partial charge < -0.3 is 5.11 Å². The van der Waals surface area contributed by atoms with Gasteiger partial charge in [0.05, 0.1) is 0 Å². The minimum atomic E-state index is -1.01. The fourth-order valence-electron chi connectivity index (χ4n) is 0.214. The van der Waals surface area contributed by atoms with Crippen LogP contribution in [-0.4, -0.2) is 11.1 Å². The molecule has 1 radical (unpaired) electrons. The van der Waals surface area contributed by atoms with Gasteiger partial charge in [0.25, 0.3) is 0 Å². The largest absolute Gasteiger partial charge is 0.478 e. The number of carbonyl (C=O) groups is 1. The molecule has 0 heterocycles. The Balaban J connectivity index is 3.65. The first kappa shape index (κ1) is 6.95. The van der Waals surface area contributed by atoms with Crippen LogP contribution in [0.15, 0.2) is 24.8 Å². The Labute approximate surface area is 48.1 Å². The average molecular weight is 111 g/mol. The van der Waals surface area contributed by atoms with Gasteiger partial charge in [0.1, 0.15) is 0 Å². The number of hydrogen-bond donors (Lipinski definition) is 1. The third-order valence-corrected chi connectivity index (χ3v) is 0.594. The standard InChI is InChI=1S/C6H7O2/c1-3-4-5(2)6(7)8/h3-4H,1-2H2,(H,7,8). The zero-order valence-corrected chi connectivity index (χ0v) is 4.42. The number of rotatable bonds is 3.